The summed E-state index contributed by atoms with van der Waals surface area (Å²) in [7, 11) is 0. The Hall–Kier alpha value is -2.04. The number of nitrogens with one attached hydrogen (secondary N) is 2. The number of ether oxygens (including phenoxy) is 1. The van der Waals surface area contributed by atoms with Gasteiger partial charge in [-0.3, -0.25) is 9.59 Å². The third-order valence-corrected chi connectivity index (χ3v) is 2.78. The third-order valence-electron chi connectivity index (χ3n) is 2.78. The zero-order chi connectivity index (χ0) is 13.8. The van der Waals surface area contributed by atoms with E-state index in [4.69, 9.17) is 4.74 Å². The first-order valence-electron chi connectivity index (χ1n) is 6.39. The summed E-state index contributed by atoms with van der Waals surface area (Å²) in [6.07, 6.45) is -0.727. The van der Waals surface area contributed by atoms with E-state index < -0.39 is 6.10 Å². The SMILES string of the molecule is CC(C)CNC(=O)CC1Oc2ccccc2NC1=O. The van der Waals surface area contributed by atoms with Gasteiger partial charge >= 0.3 is 0 Å². The lowest BCUT2D eigenvalue weighted by Gasteiger charge is -2.25. The number of anilines is 1. The summed E-state index contributed by atoms with van der Waals surface area (Å²) in [5.41, 5.74) is 0.645. The Morgan fingerprint density at radius 3 is 2.89 bits per heavy atom. The highest BCUT2D eigenvalue weighted by Crippen LogP contribution is 2.29. The molecule has 5 nitrogen and oxygen atoms in total. The van der Waals surface area contributed by atoms with Crippen LogP contribution in [0, 0.1) is 5.92 Å². The number of hydrogen-bond donors (Lipinski definition) is 2. The lowest BCUT2D eigenvalue weighted by atomic mass is 10.1. The molecule has 0 fully saturated rings. The zero-order valence-corrected chi connectivity index (χ0v) is 11.1. The molecule has 0 aliphatic carbocycles. The van der Waals surface area contributed by atoms with Gasteiger partial charge in [0.05, 0.1) is 12.1 Å². The van der Waals surface area contributed by atoms with Crippen molar-refractivity contribution in [2.45, 2.75) is 26.4 Å². The number of fused-ring (bicyclic) bond motifs is 1. The van der Waals surface area contributed by atoms with E-state index in [0.717, 1.165) is 0 Å². The van der Waals surface area contributed by atoms with Gasteiger partial charge in [-0.1, -0.05) is 26.0 Å². The summed E-state index contributed by atoms with van der Waals surface area (Å²) in [5.74, 6) is 0.529. The molecule has 1 aliphatic rings. The molecule has 2 amide bonds. The van der Waals surface area contributed by atoms with Crippen molar-refractivity contribution in [3.63, 3.8) is 0 Å². The van der Waals surface area contributed by atoms with Gasteiger partial charge in [-0.25, -0.2) is 0 Å². The smallest absolute Gasteiger partial charge is 0.266 e. The molecule has 2 N–H and O–H groups in total. The molecule has 1 aromatic rings. The fraction of sp³-hybridized carbons (Fsp3) is 0.429. The largest absolute Gasteiger partial charge is 0.478 e. The topological polar surface area (TPSA) is 67.4 Å². The second-order valence-corrected chi connectivity index (χ2v) is 4.99. The van der Waals surface area contributed by atoms with E-state index in [9.17, 15) is 9.59 Å². The van der Waals surface area contributed by atoms with Crippen LogP contribution in [0.5, 0.6) is 5.75 Å². The number of carbonyl (C=O) groups is 2. The average Bonchev–Trinajstić information content (AvgIpc) is 2.37. The maximum atomic E-state index is 11.8. The molecule has 1 unspecified atom stereocenters. The fourth-order valence-electron chi connectivity index (χ4n) is 1.79. The number of rotatable bonds is 4. The number of benzene rings is 1. The van der Waals surface area contributed by atoms with Gasteiger partial charge in [0.1, 0.15) is 5.75 Å². The second-order valence-electron chi connectivity index (χ2n) is 4.99. The van der Waals surface area contributed by atoms with Gasteiger partial charge in [0.25, 0.3) is 5.91 Å². The Morgan fingerprint density at radius 2 is 2.16 bits per heavy atom. The van der Waals surface area contributed by atoms with Gasteiger partial charge in [0, 0.05) is 6.54 Å². The van der Waals surface area contributed by atoms with Gasteiger partial charge in [0.15, 0.2) is 6.10 Å². The number of para-hydroxylation sites is 2. The first kappa shape index (κ1) is 13.4. The van der Waals surface area contributed by atoms with Crippen LogP contribution < -0.4 is 15.4 Å². The minimum Gasteiger partial charge on any atom is -0.478 e. The van der Waals surface area contributed by atoms with Gasteiger partial charge in [-0.15, -0.1) is 0 Å². The van der Waals surface area contributed by atoms with Crippen LogP contribution in [-0.2, 0) is 9.59 Å². The number of carbonyl (C=O) groups excluding carboxylic acids is 2. The fourth-order valence-corrected chi connectivity index (χ4v) is 1.79. The molecular weight excluding hydrogens is 244 g/mol. The lowest BCUT2D eigenvalue weighted by Crippen LogP contribution is -2.41. The van der Waals surface area contributed by atoms with Crippen LogP contribution in [0.15, 0.2) is 24.3 Å². The van der Waals surface area contributed by atoms with Crippen molar-refractivity contribution in [3.8, 4) is 5.75 Å². The molecule has 2 rings (SSSR count). The predicted octanol–water partition coefficient (Wildman–Crippen LogP) is 1.55. The van der Waals surface area contributed by atoms with Crippen LogP contribution in [-0.4, -0.2) is 24.5 Å². The van der Waals surface area contributed by atoms with E-state index in [1.54, 1.807) is 12.1 Å². The summed E-state index contributed by atoms with van der Waals surface area (Å²) in [4.78, 5) is 23.5. The molecule has 1 heterocycles. The molecule has 19 heavy (non-hydrogen) atoms. The summed E-state index contributed by atoms with van der Waals surface area (Å²) < 4.78 is 5.55. The average molecular weight is 262 g/mol. The van der Waals surface area contributed by atoms with Crippen molar-refractivity contribution in [2.24, 2.45) is 5.92 Å². The molecular formula is C14H18N2O3. The number of amides is 2. The molecule has 1 atom stereocenters. The summed E-state index contributed by atoms with van der Waals surface area (Å²) >= 11 is 0. The first-order chi connectivity index (χ1) is 9.06. The number of hydrogen-bond acceptors (Lipinski definition) is 3. The van der Waals surface area contributed by atoms with Crippen molar-refractivity contribution in [2.75, 3.05) is 11.9 Å². The van der Waals surface area contributed by atoms with E-state index in [1.807, 2.05) is 26.0 Å². The van der Waals surface area contributed by atoms with Crippen molar-refractivity contribution in [1.82, 2.24) is 5.32 Å². The van der Waals surface area contributed by atoms with E-state index in [0.29, 0.717) is 23.9 Å². The third kappa shape index (κ3) is 3.47. The van der Waals surface area contributed by atoms with Crippen molar-refractivity contribution in [3.05, 3.63) is 24.3 Å². The van der Waals surface area contributed by atoms with Crippen LogP contribution in [0.2, 0.25) is 0 Å². The van der Waals surface area contributed by atoms with Crippen molar-refractivity contribution in [1.29, 1.82) is 0 Å². The second kappa shape index (κ2) is 5.73. The molecule has 1 aliphatic heterocycles. The van der Waals surface area contributed by atoms with Gasteiger partial charge in [-0.05, 0) is 18.1 Å². The molecule has 102 valence electrons. The standard InChI is InChI=1S/C14H18N2O3/c1-9(2)8-15-13(17)7-12-14(18)16-10-5-3-4-6-11(10)19-12/h3-6,9,12H,7-8H2,1-2H3,(H,15,17)(H,16,18). The van der Waals surface area contributed by atoms with Crippen molar-refractivity contribution < 1.29 is 14.3 Å². The Balaban J connectivity index is 1.95. The minimum atomic E-state index is -0.762. The lowest BCUT2D eigenvalue weighted by molar-refractivity contribution is -0.130. The van der Waals surface area contributed by atoms with E-state index in [1.165, 1.54) is 0 Å². The molecule has 0 radical (unpaired) electrons. The quantitative estimate of drug-likeness (QED) is 0.865. The van der Waals surface area contributed by atoms with E-state index in [-0.39, 0.29) is 18.2 Å². The molecule has 0 spiro atoms. The van der Waals surface area contributed by atoms with Gasteiger partial charge < -0.3 is 15.4 Å². The normalized spacial score (nSPS) is 17.4. The summed E-state index contributed by atoms with van der Waals surface area (Å²) in [6, 6.07) is 7.18. The van der Waals surface area contributed by atoms with E-state index in [2.05, 4.69) is 10.6 Å². The Labute approximate surface area is 112 Å². The highest BCUT2D eigenvalue weighted by atomic mass is 16.5. The Morgan fingerprint density at radius 1 is 1.42 bits per heavy atom. The van der Waals surface area contributed by atoms with Crippen LogP contribution >= 0.6 is 0 Å². The molecule has 0 aromatic heterocycles. The molecule has 0 bridgehead atoms. The van der Waals surface area contributed by atoms with Gasteiger partial charge in [-0.2, -0.15) is 0 Å². The van der Waals surface area contributed by atoms with Crippen LogP contribution in [0.1, 0.15) is 20.3 Å². The highest BCUT2D eigenvalue weighted by Gasteiger charge is 2.29. The van der Waals surface area contributed by atoms with Gasteiger partial charge in [0.2, 0.25) is 5.91 Å². The van der Waals surface area contributed by atoms with Crippen molar-refractivity contribution >= 4 is 17.5 Å². The van der Waals surface area contributed by atoms with E-state index >= 15 is 0 Å². The monoisotopic (exact) mass is 262 g/mol. The molecule has 5 heteroatoms. The maximum absolute atomic E-state index is 11.8. The van der Waals surface area contributed by atoms with Crippen LogP contribution in [0.4, 0.5) is 5.69 Å². The van der Waals surface area contributed by atoms with Crippen LogP contribution in [0.3, 0.4) is 0 Å². The molecule has 0 saturated heterocycles. The summed E-state index contributed by atoms with van der Waals surface area (Å²) in [6.45, 7) is 4.63. The Kier molecular flexibility index (Phi) is 4.04. The van der Waals surface area contributed by atoms with Crippen LogP contribution in [0.25, 0.3) is 0 Å². The summed E-state index contributed by atoms with van der Waals surface area (Å²) in [5, 5.41) is 5.51. The maximum Gasteiger partial charge on any atom is 0.266 e. The zero-order valence-electron chi connectivity index (χ0n) is 11.1. The first-order valence-corrected chi connectivity index (χ1v) is 6.39. The minimum absolute atomic E-state index is 0.0346. The molecule has 1 aromatic carbocycles. The predicted molar refractivity (Wildman–Crippen MR) is 72.0 cm³/mol. The molecule has 0 saturated carbocycles. The Bertz CT molecular complexity index is 485. The highest BCUT2D eigenvalue weighted by molar-refractivity contribution is 5.99.